The Hall–Kier alpha value is 1.46. The van der Waals surface area contributed by atoms with Crippen molar-refractivity contribution in [3.63, 3.8) is 0 Å². The minimum absolute atomic E-state index is 0. The fourth-order valence-corrected chi connectivity index (χ4v) is 12.4. The number of ether oxygens (including phenoxy) is 1. The van der Waals surface area contributed by atoms with Crippen LogP contribution in [0, 0.1) is 0 Å². The minimum Gasteiger partial charge on any atom is -1.00 e. The van der Waals surface area contributed by atoms with Gasteiger partial charge in [-0.2, -0.15) is 0 Å². The number of rotatable bonds is 5. The van der Waals surface area contributed by atoms with Gasteiger partial charge in [0.05, 0.1) is 0 Å². The van der Waals surface area contributed by atoms with Gasteiger partial charge in [-0.25, -0.2) is 0 Å². The van der Waals surface area contributed by atoms with Gasteiger partial charge in [0.2, 0.25) is 0 Å². The summed E-state index contributed by atoms with van der Waals surface area (Å²) < 4.78 is 6.18. The van der Waals surface area contributed by atoms with Crippen LogP contribution < -0.4 is 24.8 Å². The summed E-state index contributed by atoms with van der Waals surface area (Å²) in [7, 11) is 0. The quantitative estimate of drug-likeness (QED) is 0.393. The van der Waals surface area contributed by atoms with Gasteiger partial charge >= 0.3 is 19.5 Å². The maximum atomic E-state index is 6.18. The fraction of sp³-hybridized carbons (Fsp3) is 0.952. The number of halogens is 2. The molecule has 1 nitrogen and oxygen atoms in total. The average Bonchev–Trinajstić information content (AvgIpc) is 2.65. The minimum atomic E-state index is -1.09. The van der Waals surface area contributed by atoms with Crippen molar-refractivity contribution in [1.29, 1.82) is 0 Å². The van der Waals surface area contributed by atoms with Crippen LogP contribution in [0.25, 0.3) is 0 Å². The SMILES string of the molecule is CCOC=P(C1CCCCC1)(C1CCCCC1)C1CCCCC1.[Cl-].[Cl-].[Ru+2]. The van der Waals surface area contributed by atoms with Crippen LogP contribution in [-0.2, 0) is 24.2 Å². The Bertz CT molecular complexity index is 349. The van der Waals surface area contributed by atoms with Crippen molar-refractivity contribution in [1.82, 2.24) is 0 Å². The molecule has 0 bridgehead atoms. The first kappa shape index (κ1) is 27.5. The van der Waals surface area contributed by atoms with E-state index in [4.69, 9.17) is 4.74 Å². The van der Waals surface area contributed by atoms with E-state index < -0.39 is 6.89 Å². The Morgan fingerprint density at radius 3 is 1.23 bits per heavy atom. The molecule has 0 spiro atoms. The molecular weight excluding hydrogens is 471 g/mol. The zero-order chi connectivity index (χ0) is 16.0. The molecule has 3 rings (SSSR count). The standard InChI is InChI=1S/C21H39OP.2ClH.Ru/c1-2-22-18-23(19-12-6-3-7-13-19,20-14-8-4-9-15-20)21-16-10-5-11-17-21;;;/h18-21H,2-17H2,1H3;2*1H;/q;;;+2/p-2. The van der Waals surface area contributed by atoms with Crippen molar-refractivity contribution >= 4 is 12.9 Å². The molecule has 0 aromatic carbocycles. The smallest absolute Gasteiger partial charge is 1.00 e. The van der Waals surface area contributed by atoms with E-state index in [-0.39, 0.29) is 44.3 Å². The van der Waals surface area contributed by atoms with Crippen LogP contribution >= 0.6 is 6.89 Å². The second-order valence-electron chi connectivity index (χ2n) is 8.33. The Kier molecular flexibility index (Phi) is 15.3. The molecule has 3 aliphatic carbocycles. The molecule has 0 unspecified atom stereocenters. The molecular formula is C21H39Cl2OPRu. The molecule has 0 radical (unpaired) electrons. The molecule has 0 saturated heterocycles. The van der Waals surface area contributed by atoms with E-state index in [0.29, 0.717) is 0 Å². The molecule has 5 heteroatoms. The summed E-state index contributed by atoms with van der Waals surface area (Å²) in [4.78, 5) is 0. The molecule has 3 saturated carbocycles. The summed E-state index contributed by atoms with van der Waals surface area (Å²) in [5, 5.41) is 0. The van der Waals surface area contributed by atoms with E-state index in [1.165, 1.54) is 96.3 Å². The number of hydrogen-bond donors (Lipinski definition) is 0. The number of hydrogen-bond acceptors (Lipinski definition) is 1. The van der Waals surface area contributed by atoms with E-state index in [1.807, 2.05) is 0 Å². The molecule has 26 heavy (non-hydrogen) atoms. The van der Waals surface area contributed by atoms with Crippen LogP contribution in [0.3, 0.4) is 0 Å². The van der Waals surface area contributed by atoms with Gasteiger partial charge in [0.15, 0.2) is 0 Å². The third-order valence-electron chi connectivity index (χ3n) is 7.05. The zero-order valence-electron chi connectivity index (χ0n) is 16.6. The monoisotopic (exact) mass is 510 g/mol. The molecule has 0 atom stereocenters. The first-order valence-corrected chi connectivity index (χ1v) is 12.8. The average molecular weight is 510 g/mol. The summed E-state index contributed by atoms with van der Waals surface area (Å²) in [6, 6.07) is 0. The van der Waals surface area contributed by atoms with Crippen molar-refractivity contribution in [3.8, 4) is 0 Å². The molecule has 0 aromatic rings. The molecule has 0 amide bonds. The van der Waals surface area contributed by atoms with Gasteiger partial charge in [0.25, 0.3) is 0 Å². The van der Waals surface area contributed by atoms with Crippen LogP contribution in [-0.4, -0.2) is 29.6 Å². The molecule has 0 N–H and O–H groups in total. The van der Waals surface area contributed by atoms with Gasteiger partial charge in [0.1, 0.15) is 0 Å². The maximum absolute atomic E-state index is 6.18. The van der Waals surface area contributed by atoms with E-state index in [0.717, 1.165) is 23.6 Å². The van der Waals surface area contributed by atoms with Crippen LogP contribution in [0.5, 0.6) is 0 Å². The Morgan fingerprint density at radius 2 is 0.962 bits per heavy atom. The van der Waals surface area contributed by atoms with Crippen LogP contribution in [0.1, 0.15) is 103 Å². The van der Waals surface area contributed by atoms with Crippen LogP contribution in [0.4, 0.5) is 0 Å². The zero-order valence-corrected chi connectivity index (χ0v) is 20.7. The maximum Gasteiger partial charge on any atom is 2.00 e. The summed E-state index contributed by atoms with van der Waals surface area (Å²) >= 11 is 0. The van der Waals surface area contributed by atoms with Gasteiger partial charge < -0.3 is 29.6 Å². The first-order chi connectivity index (χ1) is 11.4. The van der Waals surface area contributed by atoms with Crippen molar-refractivity contribution < 1.29 is 49.0 Å². The third kappa shape index (κ3) is 6.49. The second-order valence-corrected chi connectivity index (χ2v) is 12.5. The topological polar surface area (TPSA) is 9.23 Å². The summed E-state index contributed by atoms with van der Waals surface area (Å²) in [6.45, 7) is 1.98. The Morgan fingerprint density at radius 1 is 0.654 bits per heavy atom. The van der Waals surface area contributed by atoms with E-state index in [2.05, 4.69) is 12.9 Å². The third-order valence-corrected chi connectivity index (χ3v) is 12.9. The van der Waals surface area contributed by atoms with Gasteiger partial charge in [-0.3, -0.25) is 0 Å². The molecule has 156 valence electrons. The van der Waals surface area contributed by atoms with Gasteiger partial charge in [-0.1, -0.05) is 64.7 Å². The predicted molar refractivity (Wildman–Crippen MR) is 105 cm³/mol. The molecule has 0 aromatic heterocycles. The van der Waals surface area contributed by atoms with E-state index >= 15 is 0 Å². The normalized spacial score (nSPS) is 23.3. The van der Waals surface area contributed by atoms with Crippen molar-refractivity contribution in [3.05, 3.63) is 0 Å². The summed E-state index contributed by atoms with van der Waals surface area (Å²) in [6.07, 6.45) is 22.5. The predicted octanol–water partition coefficient (Wildman–Crippen LogP) is 0.804. The van der Waals surface area contributed by atoms with Crippen LogP contribution in [0.15, 0.2) is 0 Å². The van der Waals surface area contributed by atoms with Crippen molar-refractivity contribution in [2.24, 2.45) is 0 Å². The second kappa shape index (κ2) is 14.4. The molecule has 3 aliphatic rings. The van der Waals surface area contributed by atoms with Gasteiger partial charge in [-0.15, -0.1) is 0 Å². The Labute approximate surface area is 188 Å². The molecule has 0 heterocycles. The Balaban J connectivity index is 0.00000208. The largest absolute Gasteiger partial charge is 2.00 e. The van der Waals surface area contributed by atoms with Crippen molar-refractivity contribution in [2.45, 2.75) is 120 Å². The van der Waals surface area contributed by atoms with E-state index in [1.54, 1.807) is 0 Å². The fourth-order valence-electron chi connectivity index (χ4n) is 5.94. The van der Waals surface area contributed by atoms with Crippen molar-refractivity contribution in [2.75, 3.05) is 6.61 Å². The van der Waals surface area contributed by atoms with E-state index in [9.17, 15) is 0 Å². The van der Waals surface area contributed by atoms with Gasteiger partial charge in [-0.05, 0) is 62.4 Å². The van der Waals surface area contributed by atoms with Gasteiger partial charge in [0, 0.05) is 12.6 Å². The summed E-state index contributed by atoms with van der Waals surface area (Å²) in [5.74, 6) is 2.55. The first-order valence-electron chi connectivity index (χ1n) is 10.7. The molecule has 0 aliphatic heterocycles. The molecule has 3 fully saturated rings. The summed E-state index contributed by atoms with van der Waals surface area (Å²) in [5.41, 5.74) is 3.07. The van der Waals surface area contributed by atoms with Crippen LogP contribution in [0.2, 0.25) is 0 Å².